The molecule has 3 rings (SSSR count). The Kier molecular flexibility index (Phi) is 4.57. The summed E-state index contributed by atoms with van der Waals surface area (Å²) in [6.07, 6.45) is 4.58. The van der Waals surface area contributed by atoms with Crippen molar-refractivity contribution in [2.45, 2.75) is 45.6 Å². The molecule has 2 unspecified atom stereocenters. The zero-order valence-corrected chi connectivity index (χ0v) is 14.9. The van der Waals surface area contributed by atoms with Crippen molar-refractivity contribution in [3.05, 3.63) is 18.0 Å². The normalized spacial score (nSPS) is 20.5. The van der Waals surface area contributed by atoms with Gasteiger partial charge >= 0.3 is 6.01 Å². The Morgan fingerprint density at radius 1 is 1.26 bits per heavy atom. The zero-order chi connectivity index (χ0) is 16.6. The summed E-state index contributed by atoms with van der Waals surface area (Å²) in [5, 5.41) is 1.12. The molecule has 0 aliphatic carbocycles. The van der Waals surface area contributed by atoms with Crippen LogP contribution in [-0.2, 0) is 7.05 Å². The molecular formula is C18H28N4O. The predicted octanol–water partition coefficient (Wildman–Crippen LogP) is 3.20. The van der Waals surface area contributed by atoms with E-state index in [9.17, 15) is 0 Å². The van der Waals surface area contributed by atoms with Crippen LogP contribution in [0, 0.1) is 5.92 Å². The van der Waals surface area contributed by atoms with Crippen molar-refractivity contribution >= 4 is 11.0 Å². The summed E-state index contributed by atoms with van der Waals surface area (Å²) in [6, 6.07) is 3.21. The van der Waals surface area contributed by atoms with Crippen LogP contribution in [0.1, 0.15) is 45.2 Å². The fourth-order valence-corrected chi connectivity index (χ4v) is 3.62. The van der Waals surface area contributed by atoms with Gasteiger partial charge in [-0.3, -0.25) is 0 Å². The minimum Gasteiger partial charge on any atom is -0.463 e. The van der Waals surface area contributed by atoms with Gasteiger partial charge in [0.1, 0.15) is 5.65 Å². The smallest absolute Gasteiger partial charge is 0.318 e. The monoisotopic (exact) mass is 316 g/mol. The van der Waals surface area contributed by atoms with Gasteiger partial charge in [0.15, 0.2) is 0 Å². The number of ether oxygens (including phenoxy) is 1. The van der Waals surface area contributed by atoms with Gasteiger partial charge in [-0.25, -0.2) is 0 Å². The number of fused-ring (bicyclic) bond motifs is 1. The average Bonchev–Trinajstić information content (AvgIpc) is 3.10. The Labute approximate surface area is 138 Å². The van der Waals surface area contributed by atoms with Gasteiger partial charge in [-0.1, -0.05) is 20.8 Å². The van der Waals surface area contributed by atoms with Gasteiger partial charge in [0.2, 0.25) is 0 Å². The molecule has 2 aromatic rings. The van der Waals surface area contributed by atoms with Crippen molar-refractivity contribution in [2.24, 2.45) is 13.0 Å². The molecule has 1 fully saturated rings. The molecule has 0 spiro atoms. The van der Waals surface area contributed by atoms with Crippen LogP contribution in [0.15, 0.2) is 12.3 Å². The minimum atomic E-state index is 0.351. The second kappa shape index (κ2) is 6.48. The highest BCUT2D eigenvalue weighted by atomic mass is 16.5. The minimum absolute atomic E-state index is 0.351. The second-order valence-electron chi connectivity index (χ2n) is 7.19. The van der Waals surface area contributed by atoms with Gasteiger partial charge in [0.25, 0.3) is 0 Å². The molecule has 126 valence electrons. The zero-order valence-electron chi connectivity index (χ0n) is 14.9. The van der Waals surface area contributed by atoms with E-state index in [1.54, 1.807) is 0 Å². The molecule has 0 bridgehead atoms. The first-order valence-corrected chi connectivity index (χ1v) is 8.63. The summed E-state index contributed by atoms with van der Waals surface area (Å²) in [4.78, 5) is 11.7. The van der Waals surface area contributed by atoms with Crippen LogP contribution in [0.4, 0.5) is 0 Å². The number of hydrogen-bond donors (Lipinski definition) is 0. The highest BCUT2D eigenvalue weighted by Crippen LogP contribution is 2.26. The molecule has 0 aromatic carbocycles. The third-order valence-corrected chi connectivity index (χ3v) is 4.99. The number of rotatable bonds is 5. The van der Waals surface area contributed by atoms with Gasteiger partial charge < -0.3 is 14.2 Å². The van der Waals surface area contributed by atoms with Crippen LogP contribution >= 0.6 is 0 Å². The molecule has 3 heterocycles. The van der Waals surface area contributed by atoms with Gasteiger partial charge in [-0.2, -0.15) is 9.97 Å². The lowest BCUT2D eigenvalue weighted by Crippen LogP contribution is -2.34. The van der Waals surface area contributed by atoms with Gasteiger partial charge in [0, 0.05) is 30.6 Å². The van der Waals surface area contributed by atoms with Crippen LogP contribution in [0.5, 0.6) is 6.01 Å². The van der Waals surface area contributed by atoms with E-state index in [0.29, 0.717) is 30.5 Å². The lowest BCUT2D eigenvalue weighted by molar-refractivity contribution is 0.161. The summed E-state index contributed by atoms with van der Waals surface area (Å²) in [7, 11) is 4.22. The molecule has 5 nitrogen and oxygen atoms in total. The van der Waals surface area contributed by atoms with E-state index in [1.165, 1.54) is 19.4 Å². The molecular weight excluding hydrogens is 288 g/mol. The molecule has 2 atom stereocenters. The molecule has 0 radical (unpaired) electrons. The fourth-order valence-electron chi connectivity index (χ4n) is 3.62. The quantitative estimate of drug-likeness (QED) is 0.849. The topological polar surface area (TPSA) is 43.2 Å². The van der Waals surface area contributed by atoms with Crippen LogP contribution in [0.3, 0.4) is 0 Å². The Balaban J connectivity index is 1.78. The molecule has 1 aliphatic rings. The van der Waals surface area contributed by atoms with E-state index in [1.807, 2.05) is 17.8 Å². The fraction of sp³-hybridized carbons (Fsp3) is 0.667. The molecule has 0 N–H and O–H groups in total. The molecule has 0 amide bonds. The number of likely N-dealkylation sites (tertiary alicyclic amines) is 1. The van der Waals surface area contributed by atoms with Crippen LogP contribution in [0.2, 0.25) is 0 Å². The summed E-state index contributed by atoms with van der Waals surface area (Å²) in [5.74, 6) is 0.835. The van der Waals surface area contributed by atoms with E-state index >= 15 is 0 Å². The van der Waals surface area contributed by atoms with Crippen molar-refractivity contribution in [1.29, 1.82) is 0 Å². The maximum absolute atomic E-state index is 5.99. The van der Waals surface area contributed by atoms with Crippen molar-refractivity contribution in [3.63, 3.8) is 0 Å². The predicted molar refractivity (Wildman–Crippen MR) is 92.9 cm³/mol. The Morgan fingerprint density at radius 2 is 2.04 bits per heavy atom. The van der Waals surface area contributed by atoms with E-state index in [4.69, 9.17) is 4.74 Å². The first-order chi connectivity index (χ1) is 11.0. The molecule has 5 heteroatoms. The largest absolute Gasteiger partial charge is 0.463 e. The first-order valence-electron chi connectivity index (χ1n) is 8.63. The standard InChI is InChI=1S/C18H28N4O/c1-12(2)16-14-8-10-22(5)17(14)20-18(19-16)23-11-13(3)15-7-6-9-21(15)4/h8,10,12-13,15H,6-7,9,11H2,1-5H3. The first kappa shape index (κ1) is 16.2. The van der Waals surface area contributed by atoms with Crippen LogP contribution < -0.4 is 4.74 Å². The third kappa shape index (κ3) is 3.20. The van der Waals surface area contributed by atoms with E-state index in [0.717, 1.165) is 16.7 Å². The highest BCUT2D eigenvalue weighted by Gasteiger charge is 2.27. The average molecular weight is 316 g/mol. The van der Waals surface area contributed by atoms with Crippen LogP contribution in [0.25, 0.3) is 11.0 Å². The van der Waals surface area contributed by atoms with Crippen LogP contribution in [-0.4, -0.2) is 45.7 Å². The molecule has 2 aromatic heterocycles. The maximum Gasteiger partial charge on any atom is 0.318 e. The van der Waals surface area contributed by atoms with Gasteiger partial charge in [-0.05, 0) is 38.4 Å². The Bertz CT molecular complexity index is 679. The summed E-state index contributed by atoms with van der Waals surface area (Å²) in [6.45, 7) is 8.45. The highest BCUT2D eigenvalue weighted by molar-refractivity contribution is 5.79. The number of nitrogens with zero attached hydrogens (tertiary/aromatic N) is 4. The Morgan fingerprint density at radius 3 is 2.70 bits per heavy atom. The van der Waals surface area contributed by atoms with Crippen molar-refractivity contribution in [3.8, 4) is 6.01 Å². The van der Waals surface area contributed by atoms with E-state index < -0.39 is 0 Å². The summed E-state index contributed by atoms with van der Waals surface area (Å²) in [5.41, 5.74) is 2.01. The molecule has 23 heavy (non-hydrogen) atoms. The summed E-state index contributed by atoms with van der Waals surface area (Å²) >= 11 is 0. The van der Waals surface area contributed by atoms with E-state index in [-0.39, 0.29) is 0 Å². The van der Waals surface area contributed by atoms with Crippen molar-refractivity contribution in [2.75, 3.05) is 20.2 Å². The number of hydrogen-bond acceptors (Lipinski definition) is 4. The second-order valence-corrected chi connectivity index (χ2v) is 7.19. The van der Waals surface area contributed by atoms with Crippen molar-refractivity contribution < 1.29 is 4.74 Å². The van der Waals surface area contributed by atoms with Gasteiger partial charge in [-0.15, -0.1) is 0 Å². The lowest BCUT2D eigenvalue weighted by atomic mass is 10.0. The lowest BCUT2D eigenvalue weighted by Gasteiger charge is -2.25. The van der Waals surface area contributed by atoms with Crippen molar-refractivity contribution in [1.82, 2.24) is 19.4 Å². The Hall–Kier alpha value is -1.62. The number of aromatic nitrogens is 3. The number of aryl methyl sites for hydroxylation is 1. The SMILES string of the molecule is CC(C)c1nc(OCC(C)C2CCCN2C)nc2c1ccn2C. The van der Waals surface area contributed by atoms with E-state index in [2.05, 4.69) is 48.8 Å². The summed E-state index contributed by atoms with van der Waals surface area (Å²) < 4.78 is 8.02. The maximum atomic E-state index is 5.99. The van der Waals surface area contributed by atoms with Gasteiger partial charge in [0.05, 0.1) is 12.3 Å². The molecule has 0 saturated carbocycles. The molecule has 1 saturated heterocycles. The third-order valence-electron chi connectivity index (χ3n) is 4.99. The molecule has 1 aliphatic heterocycles.